The number of carbonyl (C=O) groups excluding carboxylic acids is 1. The average Bonchev–Trinajstić information content (AvgIpc) is 3.09. The highest BCUT2D eigenvalue weighted by Crippen LogP contribution is 2.50. The van der Waals surface area contributed by atoms with E-state index in [4.69, 9.17) is 0 Å². The molecule has 3 aromatic rings. The molecule has 0 bridgehead atoms. The SMILES string of the molecule is CS(=O)(=O)c1ccc2c(C(=O)Nc3ccc(C(O)(C(F)(F)F)C(F)(F)F)cc3)[nH]cc2c1. The second-order valence-corrected chi connectivity index (χ2v) is 8.94. The van der Waals surface area contributed by atoms with Crippen molar-refractivity contribution < 1.29 is 44.7 Å². The highest BCUT2D eigenvalue weighted by molar-refractivity contribution is 7.90. The normalized spacial score (nSPS) is 13.4. The predicted octanol–water partition coefficient (Wildman–Crippen LogP) is 4.14. The lowest BCUT2D eigenvalue weighted by molar-refractivity contribution is -0.376. The first kappa shape index (κ1) is 23.6. The second-order valence-electron chi connectivity index (χ2n) is 6.92. The Morgan fingerprint density at radius 3 is 2.03 bits per heavy atom. The summed E-state index contributed by atoms with van der Waals surface area (Å²) in [4.78, 5) is 15.2. The third-order valence-corrected chi connectivity index (χ3v) is 5.81. The smallest absolute Gasteiger partial charge is 0.369 e. The molecule has 0 aliphatic carbocycles. The number of nitrogens with one attached hydrogen (secondary N) is 2. The molecule has 0 aliphatic rings. The molecule has 0 unspecified atom stereocenters. The Morgan fingerprint density at radius 1 is 0.969 bits per heavy atom. The maximum Gasteiger partial charge on any atom is 0.430 e. The lowest BCUT2D eigenvalue weighted by atomic mass is 9.92. The minimum absolute atomic E-state index is 0.00813. The predicted molar refractivity (Wildman–Crippen MR) is 102 cm³/mol. The maximum atomic E-state index is 13.0. The molecule has 0 atom stereocenters. The van der Waals surface area contributed by atoms with Crippen molar-refractivity contribution in [2.24, 2.45) is 0 Å². The van der Waals surface area contributed by atoms with Gasteiger partial charge < -0.3 is 15.4 Å². The van der Waals surface area contributed by atoms with Crippen LogP contribution in [0.25, 0.3) is 10.8 Å². The fourth-order valence-corrected chi connectivity index (χ4v) is 3.67. The third-order valence-electron chi connectivity index (χ3n) is 4.70. The van der Waals surface area contributed by atoms with E-state index in [9.17, 15) is 44.7 Å². The number of anilines is 1. The Bertz CT molecular complexity index is 1260. The molecule has 1 amide bonds. The molecule has 0 aliphatic heterocycles. The van der Waals surface area contributed by atoms with Gasteiger partial charge in [-0.25, -0.2) is 8.42 Å². The lowest BCUT2D eigenvalue weighted by Gasteiger charge is -2.32. The minimum Gasteiger partial charge on any atom is -0.369 e. The highest BCUT2D eigenvalue weighted by atomic mass is 32.2. The standard InChI is InChI=1S/C19H14F6N2O4S/c1-32(30,31)13-6-7-14-10(8-13)9-26-15(14)16(28)27-12-4-2-11(3-5-12)17(29,18(20,21)22)19(23,24)25/h2-9,26,29H,1H3,(H,27,28). The van der Waals surface area contributed by atoms with Gasteiger partial charge in [-0.3, -0.25) is 4.79 Å². The van der Waals surface area contributed by atoms with Crippen molar-refractivity contribution in [3.8, 4) is 0 Å². The van der Waals surface area contributed by atoms with Crippen molar-refractivity contribution >= 4 is 32.2 Å². The number of hydrogen-bond donors (Lipinski definition) is 3. The Hall–Kier alpha value is -3.06. The first-order chi connectivity index (χ1) is 14.6. The van der Waals surface area contributed by atoms with E-state index in [1.807, 2.05) is 0 Å². The van der Waals surface area contributed by atoms with Crippen LogP contribution >= 0.6 is 0 Å². The molecule has 0 spiro atoms. The van der Waals surface area contributed by atoms with E-state index >= 15 is 0 Å². The highest BCUT2D eigenvalue weighted by Gasteiger charge is 2.71. The molecule has 6 nitrogen and oxygen atoms in total. The molecule has 32 heavy (non-hydrogen) atoms. The maximum absolute atomic E-state index is 13.0. The fraction of sp³-hybridized carbons (Fsp3) is 0.211. The van der Waals surface area contributed by atoms with Crippen LogP contribution in [0.3, 0.4) is 0 Å². The molecule has 13 heteroatoms. The number of alkyl halides is 6. The van der Waals surface area contributed by atoms with Gasteiger partial charge in [0.25, 0.3) is 11.5 Å². The molecule has 0 saturated heterocycles. The zero-order valence-electron chi connectivity index (χ0n) is 16.0. The van der Waals surface area contributed by atoms with E-state index < -0.39 is 39.3 Å². The molecule has 0 saturated carbocycles. The van der Waals surface area contributed by atoms with Crippen LogP contribution < -0.4 is 5.32 Å². The van der Waals surface area contributed by atoms with Crippen molar-refractivity contribution in [1.82, 2.24) is 4.98 Å². The molecule has 172 valence electrons. The number of benzene rings is 2. The Balaban J connectivity index is 1.88. The van der Waals surface area contributed by atoms with Crippen LogP contribution in [-0.4, -0.2) is 43.0 Å². The van der Waals surface area contributed by atoms with Crippen molar-refractivity contribution in [3.05, 3.63) is 59.9 Å². The fourth-order valence-electron chi connectivity index (χ4n) is 3.01. The van der Waals surface area contributed by atoms with Crippen molar-refractivity contribution in [2.75, 3.05) is 11.6 Å². The van der Waals surface area contributed by atoms with E-state index in [2.05, 4.69) is 10.3 Å². The number of sulfone groups is 1. The van der Waals surface area contributed by atoms with Crippen LogP contribution in [0.5, 0.6) is 0 Å². The van der Waals surface area contributed by atoms with Crippen LogP contribution in [0.1, 0.15) is 16.1 Å². The summed E-state index contributed by atoms with van der Waals surface area (Å²) in [6, 6.07) is 6.37. The number of aliphatic hydroxyl groups is 1. The van der Waals surface area contributed by atoms with E-state index in [-0.39, 0.29) is 16.3 Å². The van der Waals surface area contributed by atoms with Crippen molar-refractivity contribution in [2.45, 2.75) is 22.8 Å². The number of aromatic amines is 1. The van der Waals surface area contributed by atoms with Gasteiger partial charge in [0.2, 0.25) is 0 Å². The summed E-state index contributed by atoms with van der Waals surface area (Å²) in [6.45, 7) is 0. The zero-order valence-corrected chi connectivity index (χ0v) is 16.8. The van der Waals surface area contributed by atoms with Gasteiger partial charge in [0.1, 0.15) is 5.69 Å². The van der Waals surface area contributed by atoms with E-state index in [1.54, 1.807) is 0 Å². The quantitative estimate of drug-likeness (QED) is 0.489. The Morgan fingerprint density at radius 2 is 1.53 bits per heavy atom. The molecule has 3 rings (SSSR count). The van der Waals surface area contributed by atoms with Crippen molar-refractivity contribution in [3.63, 3.8) is 0 Å². The van der Waals surface area contributed by atoms with Gasteiger partial charge in [0.05, 0.1) is 4.90 Å². The van der Waals surface area contributed by atoms with Gasteiger partial charge in [-0.1, -0.05) is 18.2 Å². The topological polar surface area (TPSA) is 99.3 Å². The van der Waals surface area contributed by atoms with Crippen LogP contribution in [0.4, 0.5) is 32.0 Å². The molecular weight excluding hydrogens is 466 g/mol. The number of carbonyl (C=O) groups is 1. The number of fused-ring (bicyclic) bond motifs is 1. The number of H-pyrrole nitrogens is 1. The van der Waals surface area contributed by atoms with E-state index in [1.165, 1.54) is 24.4 Å². The number of halogens is 6. The summed E-state index contributed by atoms with van der Waals surface area (Å²) in [5.41, 5.74) is -6.68. The summed E-state index contributed by atoms with van der Waals surface area (Å²) in [5.74, 6) is -0.776. The van der Waals surface area contributed by atoms with Crippen LogP contribution in [0.2, 0.25) is 0 Å². The zero-order chi connectivity index (χ0) is 24.1. The van der Waals surface area contributed by atoms with E-state index in [0.29, 0.717) is 22.9 Å². The first-order valence-corrected chi connectivity index (χ1v) is 10.5. The van der Waals surface area contributed by atoms with Gasteiger partial charge in [-0.05, 0) is 24.3 Å². The van der Waals surface area contributed by atoms with E-state index in [0.717, 1.165) is 18.4 Å². The average molecular weight is 480 g/mol. The Kier molecular flexibility index (Phi) is 5.54. The van der Waals surface area contributed by atoms with Gasteiger partial charge >= 0.3 is 12.4 Å². The van der Waals surface area contributed by atoms with Gasteiger partial charge in [0.15, 0.2) is 9.84 Å². The molecule has 0 fully saturated rings. The molecule has 1 heterocycles. The summed E-state index contributed by atoms with van der Waals surface area (Å²) in [7, 11) is -3.49. The molecule has 3 N–H and O–H groups in total. The number of hydrogen-bond acceptors (Lipinski definition) is 4. The summed E-state index contributed by atoms with van der Waals surface area (Å²) < 4.78 is 101. The third kappa shape index (κ3) is 4.05. The van der Waals surface area contributed by atoms with Crippen LogP contribution in [-0.2, 0) is 15.4 Å². The van der Waals surface area contributed by atoms with Crippen molar-refractivity contribution in [1.29, 1.82) is 0 Å². The lowest BCUT2D eigenvalue weighted by Crippen LogP contribution is -2.53. The monoisotopic (exact) mass is 480 g/mol. The second kappa shape index (κ2) is 7.52. The summed E-state index contributed by atoms with van der Waals surface area (Å²) in [5, 5.41) is 12.4. The first-order valence-electron chi connectivity index (χ1n) is 8.64. The number of aromatic nitrogens is 1. The summed E-state index contributed by atoms with van der Waals surface area (Å²) in [6.07, 6.45) is -9.67. The number of rotatable bonds is 4. The summed E-state index contributed by atoms with van der Waals surface area (Å²) >= 11 is 0. The van der Waals surface area contributed by atoms with Gasteiger partial charge in [-0.15, -0.1) is 0 Å². The minimum atomic E-state index is -6.02. The molecule has 2 aromatic carbocycles. The number of amides is 1. The largest absolute Gasteiger partial charge is 0.430 e. The Labute approximate surface area is 176 Å². The molecular formula is C19H14F6N2O4S. The molecule has 1 aromatic heterocycles. The van der Waals surface area contributed by atoms with Gasteiger partial charge in [-0.2, -0.15) is 26.3 Å². The van der Waals surface area contributed by atoms with Crippen LogP contribution in [0, 0.1) is 0 Å². The van der Waals surface area contributed by atoms with Gasteiger partial charge in [0, 0.05) is 34.5 Å². The molecule has 0 radical (unpaired) electrons. The van der Waals surface area contributed by atoms with Crippen LogP contribution in [0.15, 0.2) is 53.6 Å².